The van der Waals surface area contributed by atoms with Crippen molar-refractivity contribution >= 4 is 12.0 Å². The predicted octanol–water partition coefficient (Wildman–Crippen LogP) is 1.86. The monoisotopic (exact) mass is 379 g/mol. The molecule has 1 aliphatic carbocycles. The van der Waals surface area contributed by atoms with Gasteiger partial charge in [0.05, 0.1) is 19.8 Å². The number of aliphatic hydroxyl groups excluding tert-OH is 1. The van der Waals surface area contributed by atoms with Crippen LogP contribution in [0.4, 0.5) is 4.79 Å². The van der Waals surface area contributed by atoms with E-state index in [0.29, 0.717) is 6.42 Å². The number of amides is 2. The number of aliphatic hydroxyl groups is 1. The molecular weight excluding hydrogens is 346 g/mol. The molecule has 27 heavy (non-hydrogen) atoms. The van der Waals surface area contributed by atoms with Crippen molar-refractivity contribution in [2.45, 2.75) is 70.0 Å². The van der Waals surface area contributed by atoms with E-state index in [1.54, 1.807) is 0 Å². The lowest BCUT2D eigenvalue weighted by Gasteiger charge is -2.44. The fourth-order valence-corrected chi connectivity index (χ4v) is 4.63. The van der Waals surface area contributed by atoms with Gasteiger partial charge in [0.2, 0.25) is 5.91 Å². The van der Waals surface area contributed by atoms with E-state index in [2.05, 4.69) is 23.2 Å². The van der Waals surface area contributed by atoms with Crippen molar-refractivity contribution in [3.63, 3.8) is 0 Å². The maximum absolute atomic E-state index is 12.6. The van der Waals surface area contributed by atoms with Crippen molar-refractivity contribution < 1.29 is 19.4 Å². The van der Waals surface area contributed by atoms with Crippen molar-refractivity contribution in [3.05, 3.63) is 11.8 Å². The van der Waals surface area contributed by atoms with Gasteiger partial charge in [-0.25, -0.2) is 4.79 Å². The zero-order chi connectivity index (χ0) is 19.6. The topological polar surface area (TPSA) is 82.1 Å². The number of rotatable bonds is 4. The highest BCUT2D eigenvalue weighted by Crippen LogP contribution is 2.33. The molecule has 1 saturated carbocycles. The molecule has 2 unspecified atom stereocenters. The van der Waals surface area contributed by atoms with Crippen LogP contribution in [0.3, 0.4) is 0 Å². The molecule has 152 valence electrons. The first-order valence-electron chi connectivity index (χ1n) is 10.1. The first kappa shape index (κ1) is 20.1. The van der Waals surface area contributed by atoms with Crippen LogP contribution in [0.1, 0.15) is 52.4 Å². The van der Waals surface area contributed by atoms with Gasteiger partial charge in [0.1, 0.15) is 0 Å². The van der Waals surface area contributed by atoms with Crippen LogP contribution in [0.25, 0.3) is 0 Å². The summed E-state index contributed by atoms with van der Waals surface area (Å²) in [5.74, 6) is 0.296. The largest absolute Gasteiger partial charge is 0.452 e. The van der Waals surface area contributed by atoms with Crippen LogP contribution < -0.4 is 5.32 Å². The number of carbonyl (C=O) groups is 2. The number of likely N-dealkylation sites (tertiary alicyclic amines) is 1. The summed E-state index contributed by atoms with van der Waals surface area (Å²) in [4.78, 5) is 28.5. The second-order valence-corrected chi connectivity index (χ2v) is 8.50. The molecule has 3 aliphatic rings. The molecule has 2 heterocycles. The molecule has 0 aromatic heterocycles. The van der Waals surface area contributed by atoms with Crippen LogP contribution in [-0.2, 0) is 9.53 Å². The van der Waals surface area contributed by atoms with E-state index in [4.69, 9.17) is 4.74 Å². The highest BCUT2D eigenvalue weighted by molar-refractivity contribution is 5.79. The summed E-state index contributed by atoms with van der Waals surface area (Å²) in [5, 5.41) is 13.0. The van der Waals surface area contributed by atoms with Gasteiger partial charge in [0.15, 0.2) is 0 Å². The molecule has 2 aliphatic heterocycles. The molecule has 0 spiro atoms. The van der Waals surface area contributed by atoms with Gasteiger partial charge in [-0.15, -0.1) is 0 Å². The SMILES string of the molecule is COC(=O)N1C(C)=CC(N2CCC(C(=O)NC3(C)CCC3)CC2)CC1CO. The minimum absolute atomic E-state index is 0.0170. The Balaban J connectivity index is 1.57. The van der Waals surface area contributed by atoms with Crippen molar-refractivity contribution in [3.8, 4) is 0 Å². The summed E-state index contributed by atoms with van der Waals surface area (Å²) in [6.45, 7) is 5.65. The Bertz CT molecular complexity index is 594. The lowest BCUT2D eigenvalue weighted by atomic mass is 9.78. The van der Waals surface area contributed by atoms with E-state index in [1.165, 1.54) is 18.4 Å². The summed E-state index contributed by atoms with van der Waals surface area (Å²) in [7, 11) is 1.36. The van der Waals surface area contributed by atoms with Gasteiger partial charge in [0, 0.05) is 23.2 Å². The van der Waals surface area contributed by atoms with E-state index in [-0.39, 0.29) is 36.1 Å². The van der Waals surface area contributed by atoms with E-state index in [0.717, 1.165) is 44.5 Å². The molecule has 2 atom stereocenters. The summed E-state index contributed by atoms with van der Waals surface area (Å²) in [6, 6.07) is -0.0942. The van der Waals surface area contributed by atoms with E-state index < -0.39 is 6.09 Å². The summed E-state index contributed by atoms with van der Waals surface area (Å²) in [5.41, 5.74) is 0.832. The molecule has 0 aromatic carbocycles. The van der Waals surface area contributed by atoms with Gasteiger partial charge in [-0.3, -0.25) is 14.6 Å². The molecule has 0 radical (unpaired) electrons. The number of carbonyl (C=O) groups excluding carboxylic acids is 2. The van der Waals surface area contributed by atoms with E-state index in [1.807, 2.05) is 6.92 Å². The fraction of sp³-hybridized carbons (Fsp3) is 0.800. The lowest BCUT2D eigenvalue weighted by molar-refractivity contribution is -0.129. The normalized spacial score (nSPS) is 28.9. The van der Waals surface area contributed by atoms with Crippen molar-refractivity contribution in [2.75, 3.05) is 26.8 Å². The first-order chi connectivity index (χ1) is 12.9. The zero-order valence-electron chi connectivity index (χ0n) is 16.7. The quantitative estimate of drug-likeness (QED) is 0.779. The van der Waals surface area contributed by atoms with Gasteiger partial charge in [0.25, 0.3) is 0 Å². The van der Waals surface area contributed by atoms with Crippen molar-refractivity contribution in [1.82, 2.24) is 15.1 Å². The van der Waals surface area contributed by atoms with Gasteiger partial charge < -0.3 is 15.2 Å². The predicted molar refractivity (Wildman–Crippen MR) is 102 cm³/mol. The molecule has 2 fully saturated rings. The maximum Gasteiger partial charge on any atom is 0.414 e. The summed E-state index contributed by atoms with van der Waals surface area (Å²) in [6.07, 6.45) is 7.42. The van der Waals surface area contributed by atoms with E-state index in [9.17, 15) is 14.7 Å². The van der Waals surface area contributed by atoms with Crippen molar-refractivity contribution in [2.24, 2.45) is 5.92 Å². The number of hydrogen-bond acceptors (Lipinski definition) is 5. The van der Waals surface area contributed by atoms with E-state index >= 15 is 0 Å². The number of piperidine rings is 1. The van der Waals surface area contributed by atoms with Gasteiger partial charge >= 0.3 is 6.09 Å². The smallest absolute Gasteiger partial charge is 0.414 e. The highest BCUT2D eigenvalue weighted by atomic mass is 16.5. The molecule has 1 saturated heterocycles. The van der Waals surface area contributed by atoms with Crippen LogP contribution >= 0.6 is 0 Å². The molecule has 0 aromatic rings. The molecule has 3 rings (SSSR count). The maximum atomic E-state index is 12.6. The molecule has 2 N–H and O–H groups in total. The van der Waals surface area contributed by atoms with Crippen LogP contribution in [0.2, 0.25) is 0 Å². The standard InChI is InChI=1S/C20H33N3O4/c1-14-11-16(12-17(13-24)23(14)19(26)27-3)22-9-5-15(6-10-22)18(25)21-20(2)7-4-8-20/h11,15-17,24H,4-10,12-13H2,1-3H3,(H,21,25). The third-order valence-electron chi connectivity index (χ3n) is 6.53. The number of nitrogens with zero attached hydrogens (tertiary/aromatic N) is 2. The number of allylic oxidation sites excluding steroid dienone is 1. The Kier molecular flexibility index (Phi) is 6.11. The number of ether oxygens (including phenoxy) is 1. The Hall–Kier alpha value is -1.60. The molecule has 2 amide bonds. The van der Waals surface area contributed by atoms with Gasteiger partial charge in [-0.2, -0.15) is 0 Å². The molecule has 0 bridgehead atoms. The Morgan fingerprint density at radius 1 is 1.33 bits per heavy atom. The van der Waals surface area contributed by atoms with Crippen LogP contribution in [0.15, 0.2) is 11.8 Å². The minimum atomic E-state index is -0.430. The van der Waals surface area contributed by atoms with Crippen LogP contribution in [0.5, 0.6) is 0 Å². The summed E-state index contributed by atoms with van der Waals surface area (Å²) < 4.78 is 4.84. The van der Waals surface area contributed by atoms with Crippen LogP contribution in [0, 0.1) is 5.92 Å². The highest BCUT2D eigenvalue weighted by Gasteiger charge is 2.38. The molecule has 7 heteroatoms. The second kappa shape index (κ2) is 8.19. The second-order valence-electron chi connectivity index (χ2n) is 8.50. The Morgan fingerprint density at radius 3 is 2.52 bits per heavy atom. The van der Waals surface area contributed by atoms with Crippen LogP contribution in [-0.4, -0.2) is 71.3 Å². The first-order valence-corrected chi connectivity index (χ1v) is 10.1. The fourth-order valence-electron chi connectivity index (χ4n) is 4.63. The lowest BCUT2D eigenvalue weighted by Crippen LogP contribution is -2.55. The molecule has 7 nitrogen and oxygen atoms in total. The number of nitrogens with one attached hydrogen (secondary N) is 1. The minimum Gasteiger partial charge on any atom is -0.452 e. The zero-order valence-corrected chi connectivity index (χ0v) is 16.7. The molecular formula is C20H33N3O4. The average Bonchev–Trinajstić information content (AvgIpc) is 2.65. The third kappa shape index (κ3) is 4.29. The van der Waals surface area contributed by atoms with Crippen molar-refractivity contribution in [1.29, 1.82) is 0 Å². The summed E-state index contributed by atoms with van der Waals surface area (Å²) >= 11 is 0. The Morgan fingerprint density at radius 2 is 2.00 bits per heavy atom. The number of hydrogen-bond donors (Lipinski definition) is 2. The van der Waals surface area contributed by atoms with Gasteiger partial charge in [-0.05, 0) is 71.5 Å². The average molecular weight is 380 g/mol. The van der Waals surface area contributed by atoms with Gasteiger partial charge in [-0.1, -0.05) is 0 Å². The number of methoxy groups -OCH3 is 1. The Labute approximate surface area is 161 Å². The third-order valence-corrected chi connectivity index (χ3v) is 6.53.